The fourth-order valence-electron chi connectivity index (χ4n) is 6.32. The van der Waals surface area contributed by atoms with Crippen LogP contribution < -0.4 is 0 Å². The zero-order valence-electron chi connectivity index (χ0n) is 23.7. The molecule has 3 nitrogen and oxygen atoms in total. The summed E-state index contributed by atoms with van der Waals surface area (Å²) in [6, 6.07) is 53.6. The molecule has 3 heterocycles. The van der Waals surface area contributed by atoms with E-state index >= 15 is 0 Å². The van der Waals surface area contributed by atoms with Crippen LogP contribution in [-0.2, 0) is 0 Å². The lowest BCUT2D eigenvalue weighted by molar-refractivity contribution is 0.995. The predicted molar refractivity (Wildman–Crippen MR) is 186 cm³/mol. The molecule has 9 aromatic rings. The third-order valence-electron chi connectivity index (χ3n) is 8.44. The van der Waals surface area contributed by atoms with Gasteiger partial charge in [0.15, 0.2) is 0 Å². The van der Waals surface area contributed by atoms with Crippen LogP contribution in [0.2, 0.25) is 0 Å². The second-order valence-electron chi connectivity index (χ2n) is 11.1. The molecule has 0 aliphatic heterocycles. The quantitative estimate of drug-likeness (QED) is 0.208. The van der Waals surface area contributed by atoms with Crippen LogP contribution in [0, 0.1) is 0 Å². The Morgan fingerprint density at radius 1 is 0.386 bits per heavy atom. The van der Waals surface area contributed by atoms with Crippen molar-refractivity contribution in [3.8, 4) is 39.6 Å². The lowest BCUT2D eigenvalue weighted by atomic mass is 10.0. The Morgan fingerprint density at radius 3 is 1.66 bits per heavy atom. The summed E-state index contributed by atoms with van der Waals surface area (Å²) in [5.74, 6) is 0.662. The molecule has 206 valence electrons. The van der Waals surface area contributed by atoms with Gasteiger partial charge in [-0.25, -0.2) is 9.97 Å². The van der Waals surface area contributed by atoms with Crippen LogP contribution in [-0.4, -0.2) is 14.5 Å². The largest absolute Gasteiger partial charge is 0.278 e. The Morgan fingerprint density at radius 2 is 0.932 bits per heavy atom. The molecule has 4 heteroatoms. The normalized spacial score (nSPS) is 11.6. The van der Waals surface area contributed by atoms with Gasteiger partial charge in [-0.3, -0.25) is 4.57 Å². The van der Waals surface area contributed by atoms with Crippen molar-refractivity contribution in [1.82, 2.24) is 14.5 Å². The third-order valence-corrected chi connectivity index (χ3v) is 9.59. The van der Waals surface area contributed by atoms with E-state index in [9.17, 15) is 0 Å². The molecule has 0 bridgehead atoms. The minimum atomic E-state index is 0.662. The van der Waals surface area contributed by atoms with Crippen molar-refractivity contribution in [3.63, 3.8) is 0 Å². The van der Waals surface area contributed by atoms with Gasteiger partial charge < -0.3 is 0 Å². The Hall–Kier alpha value is -5.58. The fourth-order valence-corrected chi connectivity index (χ4v) is 7.41. The van der Waals surface area contributed by atoms with Gasteiger partial charge in [0.25, 0.3) is 0 Å². The zero-order valence-corrected chi connectivity index (χ0v) is 24.5. The van der Waals surface area contributed by atoms with Crippen molar-refractivity contribution in [1.29, 1.82) is 0 Å². The first kappa shape index (κ1) is 25.0. The monoisotopic (exact) mass is 579 g/mol. The molecule has 0 atom stereocenters. The summed E-state index contributed by atoms with van der Waals surface area (Å²) in [6.45, 7) is 0. The molecule has 0 aliphatic carbocycles. The molecule has 0 fully saturated rings. The number of thiophene rings is 1. The molecular formula is C40H25N3S. The molecule has 0 spiro atoms. The van der Waals surface area contributed by atoms with Gasteiger partial charge in [-0.1, -0.05) is 109 Å². The first-order chi connectivity index (χ1) is 21.8. The van der Waals surface area contributed by atoms with E-state index in [0.29, 0.717) is 5.95 Å². The lowest BCUT2D eigenvalue weighted by Crippen LogP contribution is -2.03. The third kappa shape index (κ3) is 4.03. The molecule has 9 rings (SSSR count). The second kappa shape index (κ2) is 10.0. The van der Waals surface area contributed by atoms with E-state index in [1.54, 1.807) is 0 Å². The average Bonchev–Trinajstić information content (AvgIpc) is 3.64. The highest BCUT2D eigenvalue weighted by Crippen LogP contribution is 2.39. The standard InChI is InChI=1S/C40H25N3S/c1-3-11-26(12-4-1)34-25-35(27-13-5-2-6-14-27)42-40(41-34)43-36-17-9-7-15-30(36)32-23-28(19-21-37(32)43)29-20-22-39-33(24-29)31-16-8-10-18-38(31)44-39/h1-25H. The topological polar surface area (TPSA) is 30.7 Å². The number of hydrogen-bond donors (Lipinski definition) is 0. The van der Waals surface area contributed by atoms with Crippen molar-refractivity contribution >= 4 is 53.3 Å². The number of nitrogens with zero attached hydrogens (tertiary/aromatic N) is 3. The fraction of sp³-hybridized carbons (Fsp3) is 0. The maximum atomic E-state index is 5.16. The summed E-state index contributed by atoms with van der Waals surface area (Å²) in [5.41, 5.74) is 8.50. The average molecular weight is 580 g/mol. The second-order valence-corrected chi connectivity index (χ2v) is 12.1. The molecule has 0 radical (unpaired) electrons. The van der Waals surface area contributed by atoms with Gasteiger partial charge >= 0.3 is 0 Å². The highest BCUT2D eigenvalue weighted by atomic mass is 32.1. The lowest BCUT2D eigenvalue weighted by Gasteiger charge is -2.12. The first-order valence-electron chi connectivity index (χ1n) is 14.8. The minimum absolute atomic E-state index is 0.662. The van der Waals surface area contributed by atoms with Gasteiger partial charge in [0.2, 0.25) is 5.95 Å². The van der Waals surface area contributed by atoms with Gasteiger partial charge in [-0.2, -0.15) is 0 Å². The van der Waals surface area contributed by atoms with Gasteiger partial charge in [0, 0.05) is 42.1 Å². The van der Waals surface area contributed by atoms with Crippen molar-refractivity contribution < 1.29 is 0 Å². The van der Waals surface area contributed by atoms with Crippen LogP contribution in [0.4, 0.5) is 0 Å². The number of hydrogen-bond acceptors (Lipinski definition) is 3. The van der Waals surface area contributed by atoms with Gasteiger partial charge in [-0.15, -0.1) is 11.3 Å². The highest BCUT2D eigenvalue weighted by molar-refractivity contribution is 7.25. The molecule has 6 aromatic carbocycles. The molecule has 3 aromatic heterocycles. The molecule has 0 saturated heterocycles. The number of aromatic nitrogens is 3. The van der Waals surface area contributed by atoms with Crippen LogP contribution in [0.5, 0.6) is 0 Å². The van der Waals surface area contributed by atoms with Crippen LogP contribution in [0.15, 0.2) is 152 Å². The van der Waals surface area contributed by atoms with Crippen molar-refractivity contribution in [3.05, 3.63) is 152 Å². The Bertz CT molecular complexity index is 2430. The maximum Gasteiger partial charge on any atom is 0.235 e. The van der Waals surface area contributed by atoms with Gasteiger partial charge in [-0.05, 0) is 53.6 Å². The summed E-state index contributed by atoms with van der Waals surface area (Å²) in [6.07, 6.45) is 0. The van der Waals surface area contributed by atoms with Gasteiger partial charge in [0.1, 0.15) is 0 Å². The SMILES string of the molecule is c1ccc(-c2cc(-c3ccccc3)nc(-n3c4ccccc4c4cc(-c5ccc6sc7ccccc7c6c5)ccc43)n2)cc1. The van der Waals surface area contributed by atoms with E-state index in [1.807, 2.05) is 23.5 Å². The molecule has 0 amide bonds. The molecule has 44 heavy (non-hydrogen) atoms. The molecule has 0 aliphatic rings. The van der Waals surface area contributed by atoms with Crippen LogP contribution in [0.3, 0.4) is 0 Å². The summed E-state index contributed by atoms with van der Waals surface area (Å²) in [5, 5.41) is 4.99. The predicted octanol–water partition coefficient (Wildman–Crippen LogP) is 10.9. The first-order valence-corrected chi connectivity index (χ1v) is 15.6. The summed E-state index contributed by atoms with van der Waals surface area (Å²) in [7, 11) is 0. The van der Waals surface area contributed by atoms with E-state index in [0.717, 1.165) is 33.5 Å². The minimum Gasteiger partial charge on any atom is -0.278 e. The van der Waals surface area contributed by atoms with E-state index in [-0.39, 0.29) is 0 Å². The Labute approximate surface area is 258 Å². The summed E-state index contributed by atoms with van der Waals surface area (Å²) in [4.78, 5) is 10.3. The Balaban J connectivity index is 1.27. The van der Waals surface area contributed by atoms with Crippen molar-refractivity contribution in [2.75, 3.05) is 0 Å². The van der Waals surface area contributed by atoms with Crippen LogP contribution >= 0.6 is 11.3 Å². The van der Waals surface area contributed by atoms with Crippen molar-refractivity contribution in [2.45, 2.75) is 0 Å². The summed E-state index contributed by atoms with van der Waals surface area (Å²) >= 11 is 1.85. The van der Waals surface area contributed by atoms with Crippen molar-refractivity contribution in [2.24, 2.45) is 0 Å². The molecule has 0 unspecified atom stereocenters. The summed E-state index contributed by atoms with van der Waals surface area (Å²) < 4.78 is 4.85. The highest BCUT2D eigenvalue weighted by Gasteiger charge is 2.18. The van der Waals surface area contributed by atoms with Crippen LogP contribution in [0.1, 0.15) is 0 Å². The van der Waals surface area contributed by atoms with Crippen LogP contribution in [0.25, 0.3) is 81.6 Å². The number of fused-ring (bicyclic) bond motifs is 6. The Kier molecular flexibility index (Phi) is 5.68. The smallest absolute Gasteiger partial charge is 0.235 e. The molecule has 0 saturated carbocycles. The maximum absolute atomic E-state index is 5.16. The van der Waals surface area contributed by atoms with E-state index < -0.39 is 0 Å². The van der Waals surface area contributed by atoms with E-state index in [1.165, 1.54) is 42.1 Å². The number of para-hydroxylation sites is 1. The zero-order chi connectivity index (χ0) is 29.0. The van der Waals surface area contributed by atoms with E-state index in [4.69, 9.17) is 9.97 Å². The van der Waals surface area contributed by atoms with E-state index in [2.05, 4.69) is 144 Å². The molecule has 0 N–H and O–H groups in total. The molecular weight excluding hydrogens is 555 g/mol. The number of benzene rings is 6. The van der Waals surface area contributed by atoms with Gasteiger partial charge in [0.05, 0.1) is 22.4 Å². The number of rotatable bonds is 4.